The van der Waals surface area contributed by atoms with Crippen molar-refractivity contribution in [3.05, 3.63) is 58.8 Å². The van der Waals surface area contributed by atoms with Gasteiger partial charge in [-0.3, -0.25) is 4.79 Å². The lowest BCUT2D eigenvalue weighted by Gasteiger charge is -2.15. The molecule has 122 valence electrons. The molecule has 0 aliphatic rings. The Labute approximate surface area is 133 Å². The summed E-state index contributed by atoms with van der Waals surface area (Å²) in [7, 11) is 0. The quantitative estimate of drug-likeness (QED) is 0.856. The van der Waals surface area contributed by atoms with Crippen LogP contribution >= 0.6 is 0 Å². The molecule has 6 heteroatoms. The van der Waals surface area contributed by atoms with Crippen molar-refractivity contribution in [3.63, 3.8) is 0 Å². The Hall–Kier alpha value is -2.63. The number of aryl methyl sites for hydroxylation is 1. The van der Waals surface area contributed by atoms with Crippen molar-refractivity contribution >= 4 is 11.9 Å². The van der Waals surface area contributed by atoms with E-state index in [1.807, 2.05) is 6.92 Å². The van der Waals surface area contributed by atoms with E-state index in [4.69, 9.17) is 9.52 Å². The van der Waals surface area contributed by atoms with Crippen LogP contribution in [0, 0.1) is 12.7 Å². The largest absolute Gasteiger partial charge is 0.478 e. The maximum Gasteiger partial charge on any atom is 0.339 e. The summed E-state index contributed by atoms with van der Waals surface area (Å²) < 4.78 is 18.3. The normalized spacial score (nSPS) is 12.0. The van der Waals surface area contributed by atoms with Gasteiger partial charge in [0, 0.05) is 0 Å². The van der Waals surface area contributed by atoms with Gasteiger partial charge in [-0.2, -0.15) is 0 Å². The van der Waals surface area contributed by atoms with Crippen molar-refractivity contribution in [1.29, 1.82) is 0 Å². The van der Waals surface area contributed by atoms with Gasteiger partial charge in [-0.25, -0.2) is 9.18 Å². The maximum atomic E-state index is 13.0. The molecule has 0 saturated heterocycles. The van der Waals surface area contributed by atoms with Crippen molar-refractivity contribution in [2.75, 3.05) is 0 Å². The van der Waals surface area contributed by atoms with Crippen LogP contribution in [-0.2, 0) is 11.3 Å². The summed E-state index contributed by atoms with van der Waals surface area (Å²) >= 11 is 0. The number of carboxylic acid groups (broad SMARTS) is 1. The molecule has 1 unspecified atom stereocenters. The van der Waals surface area contributed by atoms with Gasteiger partial charge in [0.05, 0.1) is 12.5 Å². The van der Waals surface area contributed by atoms with Gasteiger partial charge in [-0.05, 0) is 37.1 Å². The monoisotopic (exact) mass is 319 g/mol. The Kier molecular flexibility index (Phi) is 5.16. The molecule has 5 nitrogen and oxygen atoms in total. The van der Waals surface area contributed by atoms with Crippen LogP contribution in [0.2, 0.25) is 0 Å². The smallest absolute Gasteiger partial charge is 0.339 e. The zero-order chi connectivity index (χ0) is 17.0. The maximum absolute atomic E-state index is 13.0. The van der Waals surface area contributed by atoms with Crippen LogP contribution in [0.4, 0.5) is 4.39 Å². The van der Waals surface area contributed by atoms with Gasteiger partial charge >= 0.3 is 5.97 Å². The summed E-state index contributed by atoms with van der Waals surface area (Å²) in [6.45, 7) is 3.53. The van der Waals surface area contributed by atoms with Gasteiger partial charge in [0.1, 0.15) is 22.9 Å². The molecule has 1 amide bonds. The Morgan fingerprint density at radius 3 is 2.48 bits per heavy atom. The molecule has 0 radical (unpaired) electrons. The third-order valence-electron chi connectivity index (χ3n) is 3.63. The highest BCUT2D eigenvalue weighted by Crippen LogP contribution is 2.21. The number of carboxylic acids is 1. The number of aromatic carboxylic acids is 1. The fourth-order valence-corrected chi connectivity index (χ4v) is 2.41. The molecule has 1 atom stereocenters. The molecule has 23 heavy (non-hydrogen) atoms. The fourth-order valence-electron chi connectivity index (χ4n) is 2.41. The van der Waals surface area contributed by atoms with E-state index in [9.17, 15) is 14.0 Å². The molecule has 0 aliphatic heterocycles. The predicted octanol–water partition coefficient (Wildman–Crippen LogP) is 3.24. The zero-order valence-corrected chi connectivity index (χ0v) is 12.9. The van der Waals surface area contributed by atoms with E-state index in [0.717, 1.165) is 5.56 Å². The second-order valence-electron chi connectivity index (χ2n) is 5.22. The first-order valence-corrected chi connectivity index (χ1v) is 7.28. The van der Waals surface area contributed by atoms with E-state index in [0.29, 0.717) is 17.9 Å². The number of carbonyl (C=O) groups is 2. The van der Waals surface area contributed by atoms with E-state index in [-0.39, 0.29) is 23.8 Å². The molecule has 2 rings (SSSR count). The van der Waals surface area contributed by atoms with E-state index >= 15 is 0 Å². The first kappa shape index (κ1) is 16.7. The lowest BCUT2D eigenvalue weighted by Crippen LogP contribution is -2.28. The van der Waals surface area contributed by atoms with E-state index < -0.39 is 11.9 Å². The van der Waals surface area contributed by atoms with Gasteiger partial charge < -0.3 is 14.8 Å². The summed E-state index contributed by atoms with van der Waals surface area (Å²) in [4.78, 5) is 23.3. The summed E-state index contributed by atoms with van der Waals surface area (Å²) in [5, 5.41) is 11.7. The number of hydrogen-bond acceptors (Lipinski definition) is 3. The number of nitrogens with one attached hydrogen (secondary N) is 1. The number of benzene rings is 1. The lowest BCUT2D eigenvalue weighted by atomic mass is 9.95. The predicted molar refractivity (Wildman–Crippen MR) is 81.7 cm³/mol. The highest BCUT2D eigenvalue weighted by atomic mass is 19.1. The van der Waals surface area contributed by atoms with Gasteiger partial charge in [0.2, 0.25) is 5.91 Å². The summed E-state index contributed by atoms with van der Waals surface area (Å²) in [5.74, 6) is -1.36. The number of amides is 1. The number of halogens is 1. The molecule has 0 spiro atoms. The number of rotatable bonds is 6. The molecule has 0 fully saturated rings. The van der Waals surface area contributed by atoms with Crippen LogP contribution in [0.5, 0.6) is 0 Å². The fraction of sp³-hybridized carbons (Fsp3) is 0.294. The summed E-state index contributed by atoms with van der Waals surface area (Å²) in [6, 6.07) is 7.21. The van der Waals surface area contributed by atoms with Gasteiger partial charge in [-0.1, -0.05) is 19.1 Å². The van der Waals surface area contributed by atoms with Gasteiger partial charge in [-0.15, -0.1) is 0 Å². The topological polar surface area (TPSA) is 79.5 Å². The Bertz CT molecular complexity index is 706. The molecular formula is C17H18FNO4. The van der Waals surface area contributed by atoms with E-state index in [1.165, 1.54) is 18.2 Å². The molecule has 2 N–H and O–H groups in total. The average Bonchev–Trinajstić information content (AvgIpc) is 2.89. The summed E-state index contributed by atoms with van der Waals surface area (Å²) in [6.07, 6.45) is 0.565. The Morgan fingerprint density at radius 2 is 1.96 bits per heavy atom. The number of furan rings is 1. The van der Waals surface area contributed by atoms with Crippen LogP contribution in [0.25, 0.3) is 0 Å². The zero-order valence-electron chi connectivity index (χ0n) is 12.9. The number of hydrogen-bond donors (Lipinski definition) is 2. The summed E-state index contributed by atoms with van der Waals surface area (Å²) in [5.41, 5.74) is 0.813. The Morgan fingerprint density at radius 1 is 1.30 bits per heavy atom. The molecular weight excluding hydrogens is 301 g/mol. The van der Waals surface area contributed by atoms with Crippen molar-refractivity contribution in [1.82, 2.24) is 5.32 Å². The second kappa shape index (κ2) is 7.09. The van der Waals surface area contributed by atoms with Crippen LogP contribution in [-0.4, -0.2) is 17.0 Å². The first-order chi connectivity index (χ1) is 10.9. The third kappa shape index (κ3) is 3.97. The highest BCUT2D eigenvalue weighted by molar-refractivity contribution is 5.89. The van der Waals surface area contributed by atoms with Crippen LogP contribution in [0.1, 0.15) is 46.7 Å². The van der Waals surface area contributed by atoms with Crippen LogP contribution in [0.3, 0.4) is 0 Å². The third-order valence-corrected chi connectivity index (χ3v) is 3.63. The second-order valence-corrected chi connectivity index (χ2v) is 5.22. The minimum atomic E-state index is -1.07. The highest BCUT2D eigenvalue weighted by Gasteiger charge is 2.20. The van der Waals surface area contributed by atoms with Crippen molar-refractivity contribution < 1.29 is 23.5 Å². The first-order valence-electron chi connectivity index (χ1n) is 7.28. The Balaban J connectivity index is 2.04. The van der Waals surface area contributed by atoms with Gasteiger partial charge in [0.25, 0.3) is 0 Å². The molecule has 0 saturated carbocycles. The van der Waals surface area contributed by atoms with Crippen molar-refractivity contribution in [3.8, 4) is 0 Å². The number of carbonyl (C=O) groups excluding carboxylic acids is 1. The average molecular weight is 319 g/mol. The van der Waals surface area contributed by atoms with Crippen molar-refractivity contribution in [2.24, 2.45) is 0 Å². The van der Waals surface area contributed by atoms with Crippen LogP contribution < -0.4 is 5.32 Å². The molecule has 1 aromatic carbocycles. The van der Waals surface area contributed by atoms with E-state index in [2.05, 4.69) is 5.32 Å². The van der Waals surface area contributed by atoms with Gasteiger partial charge in [0.15, 0.2) is 0 Å². The van der Waals surface area contributed by atoms with Crippen LogP contribution in [0.15, 0.2) is 34.7 Å². The molecule has 0 aliphatic carbocycles. The van der Waals surface area contributed by atoms with Crippen molar-refractivity contribution in [2.45, 2.75) is 32.7 Å². The molecule has 1 heterocycles. The standard InChI is InChI=1S/C17H18FNO4/c1-3-14(11-4-6-12(18)7-5-11)16(20)19-9-13-8-15(17(21)22)10(2)23-13/h4-8,14H,3,9H2,1-2H3,(H,19,20)(H,21,22). The SMILES string of the molecule is CCC(C(=O)NCc1cc(C(=O)O)c(C)o1)c1ccc(F)cc1. The molecule has 2 aromatic rings. The van der Waals surface area contributed by atoms with E-state index in [1.54, 1.807) is 19.1 Å². The molecule has 1 aromatic heterocycles. The minimum Gasteiger partial charge on any atom is -0.478 e. The minimum absolute atomic E-state index is 0.0832. The molecule has 0 bridgehead atoms. The lowest BCUT2D eigenvalue weighted by molar-refractivity contribution is -0.122.